The molecule has 3 heterocycles. The van der Waals surface area contributed by atoms with Crippen molar-refractivity contribution in [2.24, 2.45) is 5.92 Å². The Labute approximate surface area is 183 Å². The smallest absolute Gasteiger partial charge is 0.310 e. The van der Waals surface area contributed by atoms with Crippen molar-refractivity contribution >= 4 is 11.0 Å². The number of hydrogen-bond acceptors (Lipinski definition) is 4. The minimum absolute atomic E-state index is 0.193. The van der Waals surface area contributed by atoms with E-state index in [1.165, 1.54) is 6.20 Å². The summed E-state index contributed by atoms with van der Waals surface area (Å²) in [4.78, 5) is 22.3. The molecule has 1 aromatic carbocycles. The van der Waals surface area contributed by atoms with E-state index in [2.05, 4.69) is 10.1 Å². The van der Waals surface area contributed by atoms with E-state index in [9.17, 15) is 18.0 Å². The first-order valence-corrected chi connectivity index (χ1v) is 11.2. The second-order valence-corrected chi connectivity index (χ2v) is 9.08. The minimum atomic E-state index is -4.28. The topological polar surface area (TPSA) is 66.8 Å². The molecular weight excluding hydrogens is 419 g/mol. The van der Waals surface area contributed by atoms with Gasteiger partial charge in [0.05, 0.1) is 12.2 Å². The molecule has 170 valence electrons. The maximum Gasteiger partial charge on any atom is 0.389 e. The zero-order chi connectivity index (χ0) is 22.3. The van der Waals surface area contributed by atoms with Gasteiger partial charge in [0.15, 0.2) is 5.65 Å². The fourth-order valence-corrected chi connectivity index (χ4v) is 5.29. The van der Waals surface area contributed by atoms with Gasteiger partial charge in [-0.05, 0) is 24.3 Å². The number of nitrogens with one attached hydrogen (secondary N) is 1. The first-order chi connectivity index (χ1) is 15.4. The average Bonchev–Trinajstić information content (AvgIpc) is 3.47. The van der Waals surface area contributed by atoms with E-state index in [1.54, 1.807) is 4.68 Å². The van der Waals surface area contributed by atoms with E-state index < -0.39 is 24.4 Å². The van der Waals surface area contributed by atoms with Crippen molar-refractivity contribution < 1.29 is 13.2 Å². The largest absolute Gasteiger partial charge is 0.389 e. The van der Waals surface area contributed by atoms with Crippen LogP contribution >= 0.6 is 0 Å². The predicted molar refractivity (Wildman–Crippen MR) is 114 cm³/mol. The zero-order valence-corrected chi connectivity index (χ0v) is 17.7. The summed E-state index contributed by atoms with van der Waals surface area (Å²) in [7, 11) is 0. The van der Waals surface area contributed by atoms with Crippen LogP contribution < -0.4 is 5.56 Å². The molecule has 0 spiro atoms. The van der Waals surface area contributed by atoms with Crippen molar-refractivity contribution in [3.05, 3.63) is 58.3 Å². The summed E-state index contributed by atoms with van der Waals surface area (Å²) in [5.74, 6) is -0.821. The SMILES string of the molecule is O=c1[nH]c([C@@H]2CN(Cc3ccccc3)C[C@H]2CC(F)(F)F)nc2c1cnn2C1CCCC1. The van der Waals surface area contributed by atoms with Gasteiger partial charge in [-0.2, -0.15) is 18.3 Å². The molecule has 2 atom stereocenters. The summed E-state index contributed by atoms with van der Waals surface area (Å²) < 4.78 is 41.9. The fourth-order valence-electron chi connectivity index (χ4n) is 5.29. The maximum atomic E-state index is 13.4. The standard InChI is InChI=1S/C23H26F3N5O/c24-23(25,26)10-16-13-30(12-15-6-2-1-3-7-15)14-19(16)20-28-21-18(22(32)29-20)11-27-31(21)17-8-4-5-9-17/h1-3,6-7,11,16-17,19H,4-5,8-10,12-14H2,(H,28,29,32)/t16-,19-/m1/s1. The molecule has 9 heteroatoms. The van der Waals surface area contributed by atoms with E-state index in [4.69, 9.17) is 4.98 Å². The number of alkyl halides is 3. The molecule has 1 aliphatic heterocycles. The molecule has 0 unspecified atom stereocenters. The third-order valence-electron chi connectivity index (χ3n) is 6.76. The molecule has 6 nitrogen and oxygen atoms in total. The van der Waals surface area contributed by atoms with E-state index in [0.717, 1.165) is 31.2 Å². The summed E-state index contributed by atoms with van der Waals surface area (Å²) in [5, 5.41) is 4.79. The van der Waals surface area contributed by atoms with Gasteiger partial charge in [-0.3, -0.25) is 9.69 Å². The number of fused-ring (bicyclic) bond motifs is 1. The number of benzene rings is 1. The van der Waals surface area contributed by atoms with Crippen molar-refractivity contribution in [1.29, 1.82) is 0 Å². The molecule has 2 fully saturated rings. The van der Waals surface area contributed by atoms with Crippen LogP contribution in [0.2, 0.25) is 0 Å². The summed E-state index contributed by atoms with van der Waals surface area (Å²) >= 11 is 0. The van der Waals surface area contributed by atoms with Gasteiger partial charge in [0.1, 0.15) is 11.2 Å². The number of nitrogens with zero attached hydrogens (tertiary/aromatic N) is 4. The Morgan fingerprint density at radius 3 is 2.56 bits per heavy atom. The number of likely N-dealkylation sites (tertiary alicyclic amines) is 1. The Kier molecular flexibility index (Phi) is 5.53. The van der Waals surface area contributed by atoms with E-state index in [1.807, 2.05) is 35.2 Å². The monoisotopic (exact) mass is 445 g/mol. The van der Waals surface area contributed by atoms with Crippen LogP contribution in [0.5, 0.6) is 0 Å². The van der Waals surface area contributed by atoms with Gasteiger partial charge < -0.3 is 4.98 Å². The molecular formula is C23H26F3N5O. The highest BCUT2D eigenvalue weighted by Gasteiger charge is 2.42. The lowest BCUT2D eigenvalue weighted by Gasteiger charge is -2.19. The molecule has 1 saturated carbocycles. The second kappa shape index (κ2) is 8.35. The Bertz CT molecular complexity index is 1130. The lowest BCUT2D eigenvalue weighted by molar-refractivity contribution is -0.144. The minimum Gasteiger partial charge on any atom is -0.310 e. The highest BCUT2D eigenvalue weighted by atomic mass is 19.4. The van der Waals surface area contributed by atoms with Gasteiger partial charge in [0, 0.05) is 32.0 Å². The number of aromatic amines is 1. The zero-order valence-electron chi connectivity index (χ0n) is 17.7. The van der Waals surface area contributed by atoms with Crippen molar-refractivity contribution in [1.82, 2.24) is 24.6 Å². The lowest BCUT2D eigenvalue weighted by Crippen LogP contribution is -2.24. The molecule has 32 heavy (non-hydrogen) atoms. The molecule has 0 amide bonds. The Morgan fingerprint density at radius 1 is 1.09 bits per heavy atom. The van der Waals surface area contributed by atoms with Crippen molar-refractivity contribution in [2.75, 3.05) is 13.1 Å². The molecule has 0 bridgehead atoms. The van der Waals surface area contributed by atoms with Crippen LogP contribution in [0.15, 0.2) is 41.3 Å². The van der Waals surface area contributed by atoms with E-state index in [-0.39, 0.29) is 11.6 Å². The summed E-state index contributed by atoms with van der Waals surface area (Å²) in [6, 6.07) is 9.90. The van der Waals surface area contributed by atoms with Gasteiger partial charge >= 0.3 is 6.18 Å². The molecule has 3 aromatic rings. The fraction of sp³-hybridized carbons (Fsp3) is 0.522. The van der Waals surface area contributed by atoms with E-state index >= 15 is 0 Å². The van der Waals surface area contributed by atoms with Crippen molar-refractivity contribution in [3.63, 3.8) is 0 Å². The summed E-state index contributed by atoms with van der Waals surface area (Å²) in [6.07, 6.45) is 0.512. The van der Waals surface area contributed by atoms with Crippen molar-refractivity contribution in [2.45, 2.75) is 56.8 Å². The van der Waals surface area contributed by atoms with Crippen LogP contribution in [0.3, 0.4) is 0 Å². The third kappa shape index (κ3) is 4.30. The van der Waals surface area contributed by atoms with Gasteiger partial charge in [0.2, 0.25) is 0 Å². The van der Waals surface area contributed by atoms with Crippen LogP contribution in [-0.2, 0) is 6.54 Å². The predicted octanol–water partition coefficient (Wildman–Crippen LogP) is 4.40. The number of rotatable bonds is 5. The first-order valence-electron chi connectivity index (χ1n) is 11.2. The van der Waals surface area contributed by atoms with Gasteiger partial charge in [0.25, 0.3) is 5.56 Å². The number of aromatic nitrogens is 4. The number of H-pyrrole nitrogens is 1. The normalized spacial score (nSPS) is 22.8. The molecule has 1 aliphatic carbocycles. The number of halogens is 3. The third-order valence-corrected chi connectivity index (χ3v) is 6.76. The average molecular weight is 445 g/mol. The molecule has 1 N–H and O–H groups in total. The van der Waals surface area contributed by atoms with Gasteiger partial charge in [-0.25, -0.2) is 9.67 Å². The van der Waals surface area contributed by atoms with E-state index in [0.29, 0.717) is 36.5 Å². The van der Waals surface area contributed by atoms with Crippen LogP contribution in [-0.4, -0.2) is 43.9 Å². The second-order valence-electron chi connectivity index (χ2n) is 9.08. The molecule has 5 rings (SSSR count). The quantitative estimate of drug-likeness (QED) is 0.632. The van der Waals surface area contributed by atoms with Crippen LogP contribution in [0.1, 0.15) is 55.5 Å². The lowest BCUT2D eigenvalue weighted by atomic mass is 9.92. The molecule has 1 saturated heterocycles. The van der Waals surface area contributed by atoms with Gasteiger partial charge in [-0.15, -0.1) is 0 Å². The highest BCUT2D eigenvalue weighted by molar-refractivity contribution is 5.73. The Hall–Kier alpha value is -2.68. The molecule has 2 aromatic heterocycles. The Balaban J connectivity index is 1.48. The van der Waals surface area contributed by atoms with Crippen LogP contribution in [0.25, 0.3) is 11.0 Å². The molecule has 0 radical (unpaired) electrons. The molecule has 2 aliphatic rings. The first kappa shape index (κ1) is 21.2. The summed E-state index contributed by atoms with van der Waals surface area (Å²) in [5.41, 5.74) is 1.21. The van der Waals surface area contributed by atoms with Crippen molar-refractivity contribution in [3.8, 4) is 0 Å². The maximum absolute atomic E-state index is 13.4. The Morgan fingerprint density at radius 2 is 1.84 bits per heavy atom. The summed E-state index contributed by atoms with van der Waals surface area (Å²) in [6.45, 7) is 1.29. The van der Waals surface area contributed by atoms with Gasteiger partial charge in [-0.1, -0.05) is 43.2 Å². The number of hydrogen-bond donors (Lipinski definition) is 1. The van der Waals surface area contributed by atoms with Crippen LogP contribution in [0.4, 0.5) is 13.2 Å². The van der Waals surface area contributed by atoms with Crippen LogP contribution in [0, 0.1) is 5.92 Å². The highest BCUT2D eigenvalue weighted by Crippen LogP contribution is 2.39.